The van der Waals surface area contributed by atoms with Gasteiger partial charge in [-0.15, -0.1) is 0 Å². The topological polar surface area (TPSA) is 78.3 Å². The average molecular weight is 290 g/mol. The highest BCUT2D eigenvalue weighted by Crippen LogP contribution is 2.17. The molecule has 0 aromatic carbocycles. The fraction of sp³-hybridized carbons (Fsp3) is 0.600. The number of nitrogens with one attached hydrogen (secondary N) is 3. The van der Waals surface area contributed by atoms with Crippen molar-refractivity contribution in [3.8, 4) is 0 Å². The Labute approximate surface area is 124 Å². The highest BCUT2D eigenvalue weighted by Gasteiger charge is 2.20. The molecule has 1 saturated heterocycles. The van der Waals surface area contributed by atoms with E-state index in [9.17, 15) is 5.11 Å². The smallest absolute Gasteiger partial charge is 0.231 e. The van der Waals surface area contributed by atoms with Crippen LogP contribution < -0.4 is 10.3 Å². The molecule has 0 saturated carbocycles. The highest BCUT2D eigenvalue weighted by molar-refractivity contribution is 5.84. The number of aliphatic hydroxyl groups is 1. The quantitative estimate of drug-likeness (QED) is 0.694. The van der Waals surface area contributed by atoms with Crippen LogP contribution in [0.5, 0.6) is 0 Å². The van der Waals surface area contributed by atoms with Crippen molar-refractivity contribution in [2.45, 2.75) is 31.7 Å². The Morgan fingerprint density at radius 3 is 3.33 bits per heavy atom. The summed E-state index contributed by atoms with van der Waals surface area (Å²) in [5.74, 6) is 1.01. The Bertz CT molecular complexity index is 570. The molecule has 4 N–H and O–H groups in total. The summed E-state index contributed by atoms with van der Waals surface area (Å²) in [5.41, 5.74) is 0.896. The minimum Gasteiger partial charge on any atom is -0.395 e. The Morgan fingerprint density at radius 2 is 2.43 bits per heavy atom. The van der Waals surface area contributed by atoms with Gasteiger partial charge in [0.25, 0.3) is 0 Å². The number of hydrogen-bond donors (Lipinski definition) is 3. The third-order valence-corrected chi connectivity index (χ3v) is 4.28. The first-order valence-electron chi connectivity index (χ1n) is 7.81. The number of hydrogen-bond acceptors (Lipinski definition) is 4. The highest BCUT2D eigenvalue weighted by atomic mass is 16.3. The lowest BCUT2D eigenvalue weighted by molar-refractivity contribution is -0.364. The van der Waals surface area contributed by atoms with Gasteiger partial charge in [-0.05, 0) is 31.9 Å². The predicted molar refractivity (Wildman–Crippen MR) is 82.1 cm³/mol. The number of aliphatic hydroxyl groups excluding tert-OH is 1. The minimum absolute atomic E-state index is 0.287. The lowest BCUT2D eigenvalue weighted by Crippen LogP contribution is -2.42. The molecule has 21 heavy (non-hydrogen) atoms. The van der Waals surface area contributed by atoms with Crippen molar-refractivity contribution in [3.63, 3.8) is 0 Å². The minimum atomic E-state index is 0.287. The van der Waals surface area contributed by atoms with Gasteiger partial charge in [0.15, 0.2) is 0 Å². The molecular formula is C15H24N5O+. The number of fused-ring (bicyclic) bond motifs is 1. The van der Waals surface area contributed by atoms with Crippen molar-refractivity contribution in [1.82, 2.24) is 14.9 Å². The van der Waals surface area contributed by atoms with Crippen LogP contribution in [0.2, 0.25) is 0 Å². The lowest BCUT2D eigenvalue weighted by Gasteiger charge is -2.34. The molecule has 1 atom stereocenters. The number of anilines is 1. The van der Waals surface area contributed by atoms with E-state index >= 15 is 0 Å². The summed E-state index contributed by atoms with van der Waals surface area (Å²) in [7, 11) is 0. The van der Waals surface area contributed by atoms with Crippen LogP contribution >= 0.6 is 0 Å². The normalized spacial score (nSPS) is 20.0. The Morgan fingerprint density at radius 1 is 1.48 bits per heavy atom. The maximum atomic E-state index is 9.42. The van der Waals surface area contributed by atoms with E-state index in [4.69, 9.17) is 0 Å². The van der Waals surface area contributed by atoms with Crippen molar-refractivity contribution in [2.24, 2.45) is 0 Å². The molecule has 2 aromatic rings. The van der Waals surface area contributed by atoms with E-state index in [-0.39, 0.29) is 6.61 Å². The monoisotopic (exact) mass is 290 g/mol. The molecule has 114 valence electrons. The second-order valence-corrected chi connectivity index (χ2v) is 5.67. The molecule has 1 aliphatic rings. The van der Waals surface area contributed by atoms with E-state index in [1.54, 1.807) is 6.33 Å². The van der Waals surface area contributed by atoms with Gasteiger partial charge in [0, 0.05) is 18.8 Å². The first-order chi connectivity index (χ1) is 10.4. The molecule has 3 heterocycles. The molecule has 0 bridgehead atoms. The number of H-pyrrole nitrogens is 2. The summed E-state index contributed by atoms with van der Waals surface area (Å²) >= 11 is 0. The Kier molecular flexibility index (Phi) is 4.67. The molecule has 6 heteroatoms. The first kappa shape index (κ1) is 14.3. The zero-order valence-corrected chi connectivity index (χ0v) is 12.3. The van der Waals surface area contributed by atoms with Gasteiger partial charge in [-0.1, -0.05) is 11.4 Å². The molecule has 2 aromatic heterocycles. The van der Waals surface area contributed by atoms with E-state index in [0.717, 1.165) is 49.3 Å². The van der Waals surface area contributed by atoms with Crippen LogP contribution in [0.15, 0.2) is 18.6 Å². The van der Waals surface area contributed by atoms with E-state index < -0.39 is 0 Å². The fourth-order valence-electron chi connectivity index (χ4n) is 3.11. The van der Waals surface area contributed by atoms with Crippen LogP contribution in [0.4, 0.5) is 5.82 Å². The van der Waals surface area contributed by atoms with Gasteiger partial charge >= 0.3 is 0 Å². The predicted octanol–water partition coefficient (Wildman–Crippen LogP) is 1.03. The van der Waals surface area contributed by atoms with Crippen LogP contribution in [0.25, 0.3) is 11.0 Å². The third-order valence-electron chi connectivity index (χ3n) is 4.28. The second-order valence-electron chi connectivity index (χ2n) is 5.67. The van der Waals surface area contributed by atoms with Crippen molar-refractivity contribution in [3.05, 3.63) is 18.6 Å². The largest absolute Gasteiger partial charge is 0.395 e. The molecule has 6 nitrogen and oxygen atoms in total. The van der Waals surface area contributed by atoms with Gasteiger partial charge in [0.2, 0.25) is 17.8 Å². The summed E-state index contributed by atoms with van der Waals surface area (Å²) in [4.78, 5) is 12.9. The van der Waals surface area contributed by atoms with Crippen molar-refractivity contribution >= 4 is 16.9 Å². The maximum Gasteiger partial charge on any atom is 0.231 e. The number of aromatic amines is 2. The summed E-state index contributed by atoms with van der Waals surface area (Å²) < 4.78 is 0. The standard InChI is InChI=1S/C15H23N5O/c21-10-12-4-1-2-8-20(12)9-3-6-16-14-13-5-7-17-15(13)19-11-18-14/h5,7,11-12,21H,1-4,6,8-10H2,(H2,16,17,18,19)/p+1/t12-/m1/s1. The van der Waals surface area contributed by atoms with E-state index in [1.807, 2.05) is 12.3 Å². The Hall–Kier alpha value is -1.66. The summed E-state index contributed by atoms with van der Waals surface area (Å²) in [6.07, 6.45) is 8.30. The van der Waals surface area contributed by atoms with Crippen LogP contribution in [0, 0.1) is 0 Å². The zero-order chi connectivity index (χ0) is 14.5. The summed E-state index contributed by atoms with van der Waals surface area (Å²) in [5, 5.41) is 13.9. The van der Waals surface area contributed by atoms with Gasteiger partial charge in [0.05, 0.1) is 13.2 Å². The number of likely N-dealkylation sites (tertiary alicyclic amines) is 1. The van der Waals surface area contributed by atoms with Gasteiger partial charge in [-0.3, -0.25) is 4.90 Å². The molecule has 1 aliphatic heterocycles. The van der Waals surface area contributed by atoms with Crippen LogP contribution in [0.3, 0.4) is 0 Å². The SMILES string of the molecule is OC[C@H]1CCCCN1CCCNc1[nH+]cnc2[nH]ccc12. The number of piperidine rings is 1. The van der Waals surface area contributed by atoms with Gasteiger partial charge in [0.1, 0.15) is 5.39 Å². The van der Waals surface area contributed by atoms with Crippen molar-refractivity contribution in [2.75, 3.05) is 31.6 Å². The zero-order valence-electron chi connectivity index (χ0n) is 12.3. The third kappa shape index (κ3) is 3.33. The first-order valence-corrected chi connectivity index (χ1v) is 7.81. The van der Waals surface area contributed by atoms with E-state index in [1.165, 1.54) is 12.8 Å². The maximum absolute atomic E-state index is 9.42. The van der Waals surface area contributed by atoms with Crippen LogP contribution in [0.1, 0.15) is 25.7 Å². The average Bonchev–Trinajstić information content (AvgIpc) is 3.01. The molecular weight excluding hydrogens is 266 g/mol. The summed E-state index contributed by atoms with van der Waals surface area (Å²) in [6.45, 7) is 3.36. The van der Waals surface area contributed by atoms with Crippen molar-refractivity contribution in [1.29, 1.82) is 0 Å². The van der Waals surface area contributed by atoms with Gasteiger partial charge in [-0.25, -0.2) is 4.98 Å². The second kappa shape index (κ2) is 6.87. The molecule has 3 rings (SSSR count). The number of rotatable bonds is 6. The van der Waals surface area contributed by atoms with Gasteiger partial charge < -0.3 is 15.4 Å². The number of nitrogens with zero attached hydrogens (tertiary/aromatic N) is 2. The molecule has 0 radical (unpaired) electrons. The molecule has 0 spiro atoms. The lowest BCUT2D eigenvalue weighted by atomic mass is 10.0. The summed E-state index contributed by atoms with van der Waals surface area (Å²) in [6, 6.07) is 2.38. The molecule has 0 amide bonds. The fourth-order valence-corrected chi connectivity index (χ4v) is 3.11. The number of aromatic nitrogens is 3. The van der Waals surface area contributed by atoms with Crippen LogP contribution in [-0.4, -0.2) is 52.3 Å². The van der Waals surface area contributed by atoms with Crippen LogP contribution in [-0.2, 0) is 0 Å². The van der Waals surface area contributed by atoms with Crippen molar-refractivity contribution < 1.29 is 10.1 Å². The molecule has 0 aliphatic carbocycles. The molecule has 0 unspecified atom stereocenters. The molecule has 1 fully saturated rings. The van der Waals surface area contributed by atoms with Gasteiger partial charge in [-0.2, -0.15) is 0 Å². The van der Waals surface area contributed by atoms with E-state index in [0.29, 0.717) is 6.04 Å². The Balaban J connectivity index is 1.49. The van der Waals surface area contributed by atoms with E-state index in [2.05, 4.69) is 25.2 Å².